The lowest BCUT2D eigenvalue weighted by Gasteiger charge is -2.52. The fourth-order valence-corrected chi connectivity index (χ4v) is 6.53. The third-order valence-corrected chi connectivity index (χ3v) is 8.54. The number of hydrogen-bond donors (Lipinski definition) is 1. The van der Waals surface area contributed by atoms with E-state index in [1.807, 2.05) is 48.2 Å². The van der Waals surface area contributed by atoms with Crippen LogP contribution < -0.4 is 10.4 Å². The van der Waals surface area contributed by atoms with E-state index in [1.54, 1.807) is 0 Å². The molecule has 3 atom stereocenters. The first-order valence-electron chi connectivity index (χ1n) is 13.8. The van der Waals surface area contributed by atoms with Gasteiger partial charge in [-0.2, -0.15) is 0 Å². The van der Waals surface area contributed by atoms with E-state index < -0.39 is 5.60 Å². The van der Waals surface area contributed by atoms with E-state index in [0.717, 1.165) is 67.0 Å². The summed E-state index contributed by atoms with van der Waals surface area (Å²) in [5, 5.41) is 12.9. The van der Waals surface area contributed by atoms with Gasteiger partial charge in [0.15, 0.2) is 6.61 Å². The molecule has 5 rings (SSSR count). The van der Waals surface area contributed by atoms with E-state index >= 15 is 0 Å². The van der Waals surface area contributed by atoms with Gasteiger partial charge in [-0.15, -0.1) is 0 Å². The predicted molar refractivity (Wildman–Crippen MR) is 149 cm³/mol. The molecule has 1 saturated carbocycles. The van der Waals surface area contributed by atoms with Gasteiger partial charge in [-0.1, -0.05) is 49.9 Å². The number of carbonyl (C=O) groups is 1. The van der Waals surface area contributed by atoms with Crippen LogP contribution in [-0.2, 0) is 11.2 Å². The molecule has 1 aromatic heterocycles. The zero-order chi connectivity index (χ0) is 26.9. The lowest BCUT2D eigenvalue weighted by molar-refractivity contribution is -0.157. The first-order valence-corrected chi connectivity index (χ1v) is 14.1. The topological polar surface area (TPSA) is 80.0 Å². The lowest BCUT2D eigenvalue weighted by atomic mass is 9.66. The fourth-order valence-electron chi connectivity index (χ4n) is 6.40. The molecule has 2 fully saturated rings. The number of nitrogens with zero attached hydrogens (tertiary/aromatic N) is 1. The minimum atomic E-state index is -0.765. The van der Waals surface area contributed by atoms with Crippen LogP contribution in [0.3, 0.4) is 0 Å². The molecule has 0 bridgehead atoms. The molecule has 1 amide bonds. The largest absolute Gasteiger partial charge is 0.483 e. The first-order chi connectivity index (χ1) is 18.3. The van der Waals surface area contributed by atoms with Crippen LogP contribution in [0.25, 0.3) is 11.0 Å². The van der Waals surface area contributed by atoms with Crippen molar-refractivity contribution in [3.63, 3.8) is 0 Å². The van der Waals surface area contributed by atoms with Crippen LogP contribution in [0.1, 0.15) is 74.6 Å². The van der Waals surface area contributed by atoms with Crippen molar-refractivity contribution >= 4 is 28.5 Å². The van der Waals surface area contributed by atoms with Crippen LogP contribution in [0, 0.1) is 12.8 Å². The molecule has 3 aromatic rings. The Labute approximate surface area is 228 Å². The molecule has 1 aliphatic heterocycles. The highest BCUT2D eigenvalue weighted by atomic mass is 35.5. The number of carbonyl (C=O) groups excluding carboxylic acids is 1. The molecule has 2 heterocycles. The number of amides is 1. The summed E-state index contributed by atoms with van der Waals surface area (Å²) >= 11 is 6.17. The molecule has 7 heteroatoms. The Balaban J connectivity index is 1.44. The fraction of sp³-hybridized carbons (Fsp3) is 0.484. The maximum atomic E-state index is 13.8. The minimum absolute atomic E-state index is 0.0372. The highest BCUT2D eigenvalue weighted by Gasteiger charge is 2.50. The molecule has 1 saturated heterocycles. The molecule has 0 unspecified atom stereocenters. The number of hydrogen-bond acceptors (Lipinski definition) is 5. The molecule has 6 nitrogen and oxygen atoms in total. The third-order valence-electron chi connectivity index (χ3n) is 8.28. The maximum Gasteiger partial charge on any atom is 0.336 e. The number of fused-ring (bicyclic) bond motifs is 2. The second kappa shape index (κ2) is 11.1. The first kappa shape index (κ1) is 26.8. The molecule has 38 heavy (non-hydrogen) atoms. The highest BCUT2D eigenvalue weighted by molar-refractivity contribution is 6.30. The van der Waals surface area contributed by atoms with Gasteiger partial charge in [0.25, 0.3) is 5.91 Å². The van der Waals surface area contributed by atoms with Crippen molar-refractivity contribution in [1.29, 1.82) is 0 Å². The van der Waals surface area contributed by atoms with Crippen molar-refractivity contribution in [2.75, 3.05) is 13.2 Å². The molecule has 2 aromatic carbocycles. The number of likely N-dealkylation sites (tertiary alicyclic amines) is 1. The second-order valence-electron chi connectivity index (χ2n) is 10.9. The van der Waals surface area contributed by atoms with Gasteiger partial charge < -0.3 is 19.2 Å². The van der Waals surface area contributed by atoms with Crippen molar-refractivity contribution in [3.05, 3.63) is 74.6 Å². The molecule has 2 aliphatic rings. The van der Waals surface area contributed by atoms with E-state index in [2.05, 4.69) is 6.92 Å². The molecular weight excluding hydrogens is 502 g/mol. The number of piperidine rings is 1. The van der Waals surface area contributed by atoms with Crippen molar-refractivity contribution in [3.8, 4) is 5.75 Å². The average Bonchev–Trinajstić information content (AvgIpc) is 2.89. The summed E-state index contributed by atoms with van der Waals surface area (Å²) in [6.45, 7) is 4.35. The van der Waals surface area contributed by atoms with Crippen LogP contribution >= 0.6 is 11.6 Å². The average molecular weight is 538 g/mol. The van der Waals surface area contributed by atoms with Gasteiger partial charge in [-0.05, 0) is 80.0 Å². The Morgan fingerprint density at radius 2 is 1.97 bits per heavy atom. The van der Waals surface area contributed by atoms with Crippen LogP contribution in [0.5, 0.6) is 5.75 Å². The summed E-state index contributed by atoms with van der Waals surface area (Å²) in [5.41, 5.74) is 2.09. The molecular formula is C31H36ClNO5. The Morgan fingerprint density at radius 1 is 1.18 bits per heavy atom. The lowest BCUT2D eigenvalue weighted by Crippen LogP contribution is -2.56. The molecule has 0 radical (unpaired) electrons. The van der Waals surface area contributed by atoms with Crippen LogP contribution in [0.15, 0.2) is 51.7 Å². The van der Waals surface area contributed by atoms with Crippen LogP contribution in [0.4, 0.5) is 0 Å². The van der Waals surface area contributed by atoms with Gasteiger partial charge in [0, 0.05) is 23.6 Å². The highest BCUT2D eigenvalue weighted by Crippen LogP contribution is 2.49. The Hall–Kier alpha value is -2.83. The van der Waals surface area contributed by atoms with E-state index in [1.165, 1.54) is 6.07 Å². The number of unbranched alkanes of at least 4 members (excludes halogenated alkanes) is 1. The summed E-state index contributed by atoms with van der Waals surface area (Å²) in [5.74, 6) is 0.391. The summed E-state index contributed by atoms with van der Waals surface area (Å²) < 4.78 is 11.7. The van der Waals surface area contributed by atoms with E-state index in [-0.39, 0.29) is 30.1 Å². The van der Waals surface area contributed by atoms with Gasteiger partial charge >= 0.3 is 5.63 Å². The second-order valence-corrected chi connectivity index (χ2v) is 11.3. The number of halogens is 1. The summed E-state index contributed by atoms with van der Waals surface area (Å²) in [6, 6.07) is 12.6. The van der Waals surface area contributed by atoms with E-state index in [0.29, 0.717) is 29.3 Å². The number of aliphatic hydroxyl groups is 1. The zero-order valence-electron chi connectivity index (χ0n) is 22.2. The Bertz CT molecular complexity index is 1370. The normalized spacial score (nSPS) is 23.3. The van der Waals surface area contributed by atoms with E-state index in [4.69, 9.17) is 20.8 Å². The number of rotatable bonds is 7. The number of aryl methyl sites for hydroxylation is 2. The van der Waals surface area contributed by atoms with Crippen molar-refractivity contribution in [1.82, 2.24) is 4.90 Å². The van der Waals surface area contributed by atoms with Crippen molar-refractivity contribution in [2.24, 2.45) is 5.92 Å². The van der Waals surface area contributed by atoms with Gasteiger partial charge in [0.1, 0.15) is 11.3 Å². The molecule has 202 valence electrons. The molecule has 1 N–H and O–H groups in total. The van der Waals surface area contributed by atoms with Gasteiger partial charge in [0.05, 0.1) is 17.0 Å². The summed E-state index contributed by atoms with van der Waals surface area (Å²) in [6.07, 6.45) is 6.91. The summed E-state index contributed by atoms with van der Waals surface area (Å²) in [7, 11) is 0. The Morgan fingerprint density at radius 3 is 2.74 bits per heavy atom. The maximum absolute atomic E-state index is 13.8. The van der Waals surface area contributed by atoms with E-state index in [9.17, 15) is 14.7 Å². The van der Waals surface area contributed by atoms with Gasteiger partial charge in [-0.3, -0.25) is 4.79 Å². The SMILES string of the molecule is CCCCc1cc(=O)oc2cc(C)cc(OCC(=O)N3CC[C@]4(O)CCCC[C@@H]4[C@@H]3c3ccc(Cl)cc3)c12. The molecule has 0 spiro atoms. The number of ether oxygens (including phenoxy) is 1. The van der Waals surface area contributed by atoms with Gasteiger partial charge in [0.2, 0.25) is 0 Å². The standard InChI is InChI=1S/C31H36ClNO5/c1-3-4-7-22-18-28(35)38-26-17-20(2)16-25(29(22)26)37-19-27(34)33-15-14-31(36)13-6-5-8-24(31)30(33)21-9-11-23(32)12-10-21/h9-12,16-18,24,30,36H,3-8,13-15,19H2,1-2H3/t24-,30+,31-/m1/s1. The third kappa shape index (κ3) is 5.34. The van der Waals surface area contributed by atoms with Crippen molar-refractivity contribution < 1.29 is 19.1 Å². The Kier molecular flexibility index (Phi) is 7.83. The number of benzene rings is 2. The predicted octanol–water partition coefficient (Wildman–Crippen LogP) is 6.37. The summed E-state index contributed by atoms with van der Waals surface area (Å²) in [4.78, 5) is 27.8. The quantitative estimate of drug-likeness (QED) is 0.354. The zero-order valence-corrected chi connectivity index (χ0v) is 22.9. The van der Waals surface area contributed by atoms with Crippen molar-refractivity contribution in [2.45, 2.75) is 76.9 Å². The van der Waals surface area contributed by atoms with Crippen LogP contribution in [0.2, 0.25) is 5.02 Å². The van der Waals surface area contributed by atoms with Gasteiger partial charge in [-0.25, -0.2) is 4.79 Å². The monoisotopic (exact) mass is 537 g/mol. The minimum Gasteiger partial charge on any atom is -0.483 e. The molecule has 1 aliphatic carbocycles. The van der Waals surface area contributed by atoms with Crippen LogP contribution in [-0.4, -0.2) is 34.7 Å². The smallest absolute Gasteiger partial charge is 0.336 e.